The van der Waals surface area contributed by atoms with Crippen molar-refractivity contribution in [2.75, 3.05) is 11.9 Å². The van der Waals surface area contributed by atoms with Crippen molar-refractivity contribution in [2.45, 2.75) is 34.6 Å². The summed E-state index contributed by atoms with van der Waals surface area (Å²) in [5.41, 5.74) is 1.11. The van der Waals surface area contributed by atoms with Crippen LogP contribution in [0.1, 0.15) is 45.0 Å². The maximum atomic E-state index is 11.8. The fourth-order valence-electron chi connectivity index (χ4n) is 1.51. The summed E-state index contributed by atoms with van der Waals surface area (Å²) in [5.74, 6) is 0.711. The zero-order valence-electron chi connectivity index (χ0n) is 12.8. The molecule has 1 N–H and O–H groups in total. The van der Waals surface area contributed by atoms with Gasteiger partial charge in [0.15, 0.2) is 5.78 Å². The van der Waals surface area contributed by atoms with E-state index >= 15 is 0 Å². The summed E-state index contributed by atoms with van der Waals surface area (Å²) >= 11 is 0. The fourth-order valence-corrected chi connectivity index (χ4v) is 1.51. The van der Waals surface area contributed by atoms with Crippen molar-refractivity contribution in [2.24, 2.45) is 11.8 Å². The number of benzene rings is 1. The van der Waals surface area contributed by atoms with Crippen molar-refractivity contribution in [3.63, 3.8) is 0 Å². The molecule has 1 aromatic rings. The number of Topliss-reactive ketones (excluding diaryl/α,β-unsaturated/α-hetero) is 1. The lowest BCUT2D eigenvalue weighted by Crippen LogP contribution is -2.19. The molecule has 0 aliphatic rings. The van der Waals surface area contributed by atoms with E-state index in [4.69, 9.17) is 4.74 Å². The highest BCUT2D eigenvalue weighted by atomic mass is 16.5. The lowest BCUT2D eigenvalue weighted by Gasteiger charge is -2.15. The van der Waals surface area contributed by atoms with Crippen LogP contribution in [0.5, 0.6) is 5.75 Å². The van der Waals surface area contributed by atoms with Crippen molar-refractivity contribution in [3.05, 3.63) is 23.8 Å². The molecular formula is C16H23NO3. The first kappa shape index (κ1) is 16.2. The van der Waals surface area contributed by atoms with Crippen molar-refractivity contribution >= 4 is 17.4 Å². The fraction of sp³-hybridized carbons (Fsp3) is 0.500. The summed E-state index contributed by atoms with van der Waals surface area (Å²) in [6.07, 6.45) is 0. The first-order valence-corrected chi connectivity index (χ1v) is 6.90. The Hall–Kier alpha value is -1.84. The number of amides is 1. The second-order valence-corrected chi connectivity index (χ2v) is 5.62. The Morgan fingerprint density at radius 2 is 1.85 bits per heavy atom. The van der Waals surface area contributed by atoms with Crippen LogP contribution >= 0.6 is 0 Å². The number of nitrogens with one attached hydrogen (secondary N) is 1. The second kappa shape index (κ2) is 7.08. The molecule has 0 heterocycles. The van der Waals surface area contributed by atoms with E-state index in [9.17, 15) is 9.59 Å². The van der Waals surface area contributed by atoms with Crippen LogP contribution in [-0.2, 0) is 4.79 Å². The molecular weight excluding hydrogens is 254 g/mol. The molecule has 0 fully saturated rings. The lowest BCUT2D eigenvalue weighted by molar-refractivity contribution is -0.118. The van der Waals surface area contributed by atoms with E-state index in [0.717, 1.165) is 0 Å². The van der Waals surface area contributed by atoms with Gasteiger partial charge >= 0.3 is 0 Å². The van der Waals surface area contributed by atoms with Crippen LogP contribution in [0.4, 0.5) is 5.69 Å². The third kappa shape index (κ3) is 4.68. The Labute approximate surface area is 120 Å². The number of ketones is 1. The van der Waals surface area contributed by atoms with Gasteiger partial charge in [0.05, 0.1) is 12.3 Å². The van der Waals surface area contributed by atoms with Crippen LogP contribution in [0.15, 0.2) is 18.2 Å². The van der Waals surface area contributed by atoms with Gasteiger partial charge in [-0.05, 0) is 31.0 Å². The Balaban J connectivity index is 3.02. The largest absolute Gasteiger partial charge is 0.491 e. The first-order valence-electron chi connectivity index (χ1n) is 6.90. The topological polar surface area (TPSA) is 55.4 Å². The Kier molecular flexibility index (Phi) is 5.74. The minimum atomic E-state index is -0.131. The molecule has 0 spiro atoms. The Bertz CT molecular complexity index is 492. The standard InChI is InChI=1S/C16H23NO3/c1-10(2)9-20-15-7-6-13(12(5)18)8-14(15)17-16(19)11(3)4/h6-8,10-11H,9H2,1-5H3,(H,17,19). The van der Waals surface area contributed by atoms with Gasteiger partial charge in [-0.3, -0.25) is 9.59 Å². The maximum absolute atomic E-state index is 11.8. The van der Waals surface area contributed by atoms with Gasteiger partial charge in [0.2, 0.25) is 5.91 Å². The zero-order chi connectivity index (χ0) is 15.3. The Morgan fingerprint density at radius 1 is 1.20 bits per heavy atom. The molecule has 0 saturated carbocycles. The van der Waals surface area contributed by atoms with E-state index in [-0.39, 0.29) is 17.6 Å². The summed E-state index contributed by atoms with van der Waals surface area (Å²) in [7, 11) is 0. The molecule has 110 valence electrons. The minimum absolute atomic E-state index is 0.0412. The molecule has 0 saturated heterocycles. The summed E-state index contributed by atoms with van der Waals surface area (Å²) in [4.78, 5) is 23.3. The molecule has 1 aromatic carbocycles. The number of carbonyl (C=O) groups excluding carboxylic acids is 2. The third-order valence-corrected chi connectivity index (χ3v) is 2.74. The first-order chi connectivity index (χ1) is 9.31. The van der Waals surface area contributed by atoms with Gasteiger partial charge in [-0.2, -0.15) is 0 Å². The van der Waals surface area contributed by atoms with Crippen molar-refractivity contribution in [1.82, 2.24) is 0 Å². The maximum Gasteiger partial charge on any atom is 0.227 e. The van der Waals surface area contributed by atoms with Crippen LogP contribution in [0.2, 0.25) is 0 Å². The highest BCUT2D eigenvalue weighted by molar-refractivity contribution is 5.98. The summed E-state index contributed by atoms with van der Waals surface area (Å²) in [6, 6.07) is 5.11. The molecule has 0 unspecified atom stereocenters. The molecule has 20 heavy (non-hydrogen) atoms. The average Bonchev–Trinajstić information content (AvgIpc) is 2.36. The molecule has 4 nitrogen and oxygen atoms in total. The SMILES string of the molecule is CC(=O)c1ccc(OCC(C)C)c(NC(=O)C(C)C)c1. The predicted molar refractivity (Wildman–Crippen MR) is 80.2 cm³/mol. The van der Waals surface area contributed by atoms with Gasteiger partial charge in [-0.25, -0.2) is 0 Å². The molecule has 0 aliphatic heterocycles. The van der Waals surface area contributed by atoms with E-state index in [1.54, 1.807) is 18.2 Å². The number of anilines is 1. The highest BCUT2D eigenvalue weighted by Gasteiger charge is 2.13. The second-order valence-electron chi connectivity index (χ2n) is 5.62. The number of hydrogen-bond acceptors (Lipinski definition) is 3. The number of rotatable bonds is 6. The van der Waals surface area contributed by atoms with Crippen molar-refractivity contribution < 1.29 is 14.3 Å². The van der Waals surface area contributed by atoms with E-state index in [1.807, 2.05) is 13.8 Å². The number of hydrogen-bond donors (Lipinski definition) is 1. The normalized spacial score (nSPS) is 10.8. The van der Waals surface area contributed by atoms with Gasteiger partial charge in [0.1, 0.15) is 5.75 Å². The number of ether oxygens (including phenoxy) is 1. The predicted octanol–water partition coefficient (Wildman–Crippen LogP) is 3.52. The van der Waals surface area contributed by atoms with Crippen molar-refractivity contribution in [3.8, 4) is 5.75 Å². The van der Waals surface area contributed by atoms with Crippen LogP contribution in [0.25, 0.3) is 0 Å². The van der Waals surface area contributed by atoms with Gasteiger partial charge in [-0.1, -0.05) is 27.7 Å². The zero-order valence-corrected chi connectivity index (χ0v) is 12.8. The minimum Gasteiger partial charge on any atom is -0.491 e. The molecule has 1 rings (SSSR count). The summed E-state index contributed by atoms with van der Waals surface area (Å²) in [6.45, 7) is 9.80. The smallest absolute Gasteiger partial charge is 0.227 e. The summed E-state index contributed by atoms with van der Waals surface area (Å²) < 4.78 is 5.69. The molecule has 4 heteroatoms. The third-order valence-electron chi connectivity index (χ3n) is 2.74. The van der Waals surface area contributed by atoms with Gasteiger partial charge < -0.3 is 10.1 Å². The van der Waals surface area contributed by atoms with Crippen LogP contribution < -0.4 is 10.1 Å². The van der Waals surface area contributed by atoms with Gasteiger partial charge in [0.25, 0.3) is 0 Å². The van der Waals surface area contributed by atoms with E-state index < -0.39 is 0 Å². The van der Waals surface area contributed by atoms with Crippen molar-refractivity contribution in [1.29, 1.82) is 0 Å². The lowest BCUT2D eigenvalue weighted by atomic mass is 10.1. The highest BCUT2D eigenvalue weighted by Crippen LogP contribution is 2.27. The Morgan fingerprint density at radius 3 is 2.35 bits per heavy atom. The quantitative estimate of drug-likeness (QED) is 0.809. The van der Waals surface area contributed by atoms with Crippen LogP contribution in [0, 0.1) is 11.8 Å². The monoisotopic (exact) mass is 277 g/mol. The molecule has 0 atom stereocenters. The molecule has 0 aromatic heterocycles. The van der Waals surface area contributed by atoms with E-state index in [1.165, 1.54) is 6.92 Å². The molecule has 0 radical (unpaired) electrons. The molecule has 0 bridgehead atoms. The number of carbonyl (C=O) groups is 2. The van der Waals surface area contributed by atoms with E-state index in [0.29, 0.717) is 29.5 Å². The average molecular weight is 277 g/mol. The summed E-state index contributed by atoms with van der Waals surface area (Å²) in [5, 5.41) is 2.81. The molecule has 1 amide bonds. The van der Waals surface area contributed by atoms with Crippen LogP contribution in [-0.4, -0.2) is 18.3 Å². The van der Waals surface area contributed by atoms with Crippen LogP contribution in [0.3, 0.4) is 0 Å². The molecule has 0 aliphatic carbocycles. The van der Waals surface area contributed by atoms with Gasteiger partial charge in [-0.15, -0.1) is 0 Å². The van der Waals surface area contributed by atoms with E-state index in [2.05, 4.69) is 19.2 Å². The van der Waals surface area contributed by atoms with Gasteiger partial charge in [0, 0.05) is 11.5 Å².